The number of benzene rings is 2. The average Bonchev–Trinajstić information content (AvgIpc) is 2.52. The molecule has 0 aromatic heterocycles. The number of nitrogens with one attached hydrogen (secondary N) is 1. The van der Waals surface area contributed by atoms with Gasteiger partial charge in [0.05, 0.1) is 12.8 Å². The lowest BCUT2D eigenvalue weighted by Crippen LogP contribution is -2.19. The SMILES string of the molecule is COc1ccc(/C(C)=N/NC(=O)c2cccc(Cl)c2)c(O)c1. The topological polar surface area (TPSA) is 70.9 Å². The number of methoxy groups -OCH3 is 1. The number of nitrogens with zero attached hydrogens (tertiary/aromatic N) is 1. The fourth-order valence-electron chi connectivity index (χ4n) is 1.83. The van der Waals surface area contributed by atoms with Crippen molar-refractivity contribution in [2.45, 2.75) is 6.92 Å². The first kappa shape index (κ1) is 15.9. The molecule has 0 saturated heterocycles. The summed E-state index contributed by atoms with van der Waals surface area (Å²) in [6.45, 7) is 1.68. The van der Waals surface area contributed by atoms with Crippen molar-refractivity contribution in [1.29, 1.82) is 0 Å². The smallest absolute Gasteiger partial charge is 0.271 e. The molecule has 0 aliphatic heterocycles. The molecule has 0 aliphatic carbocycles. The number of carbonyl (C=O) groups is 1. The van der Waals surface area contributed by atoms with Gasteiger partial charge in [-0.25, -0.2) is 5.43 Å². The molecule has 2 aromatic carbocycles. The quantitative estimate of drug-likeness (QED) is 0.671. The number of aromatic hydroxyl groups is 1. The zero-order chi connectivity index (χ0) is 16.1. The second kappa shape index (κ2) is 6.95. The molecule has 0 aliphatic rings. The summed E-state index contributed by atoms with van der Waals surface area (Å²) in [6, 6.07) is 11.4. The minimum atomic E-state index is -0.380. The highest BCUT2D eigenvalue weighted by Gasteiger charge is 2.08. The number of carbonyl (C=O) groups excluding carboxylic acids is 1. The Bertz CT molecular complexity index is 729. The van der Waals surface area contributed by atoms with Gasteiger partial charge in [-0.05, 0) is 37.3 Å². The molecule has 1 amide bonds. The number of phenols is 1. The van der Waals surface area contributed by atoms with Crippen LogP contribution in [0.5, 0.6) is 11.5 Å². The summed E-state index contributed by atoms with van der Waals surface area (Å²) in [4.78, 5) is 12.0. The Balaban J connectivity index is 2.14. The molecule has 114 valence electrons. The van der Waals surface area contributed by atoms with Crippen LogP contribution in [0.15, 0.2) is 47.6 Å². The Hall–Kier alpha value is -2.53. The number of ether oxygens (including phenoxy) is 1. The number of hydrazone groups is 1. The first-order valence-electron chi connectivity index (χ1n) is 6.49. The van der Waals surface area contributed by atoms with Gasteiger partial charge in [0.1, 0.15) is 11.5 Å². The molecular weight excluding hydrogens is 304 g/mol. The van der Waals surface area contributed by atoms with Crippen LogP contribution in [0, 0.1) is 0 Å². The maximum atomic E-state index is 12.0. The van der Waals surface area contributed by atoms with Gasteiger partial charge in [0.2, 0.25) is 0 Å². The van der Waals surface area contributed by atoms with Gasteiger partial charge in [-0.2, -0.15) is 5.10 Å². The van der Waals surface area contributed by atoms with E-state index in [0.29, 0.717) is 27.6 Å². The molecule has 0 bridgehead atoms. The lowest BCUT2D eigenvalue weighted by molar-refractivity contribution is 0.0955. The molecule has 0 spiro atoms. The van der Waals surface area contributed by atoms with Crippen LogP contribution < -0.4 is 10.2 Å². The highest BCUT2D eigenvalue weighted by Crippen LogP contribution is 2.23. The van der Waals surface area contributed by atoms with E-state index in [1.807, 2.05) is 0 Å². The molecule has 0 saturated carbocycles. The van der Waals surface area contributed by atoms with Crippen LogP contribution in [0.4, 0.5) is 0 Å². The third-order valence-electron chi connectivity index (χ3n) is 3.01. The molecular formula is C16H15ClN2O3. The lowest BCUT2D eigenvalue weighted by Gasteiger charge is -2.07. The van der Waals surface area contributed by atoms with Gasteiger partial charge < -0.3 is 9.84 Å². The zero-order valence-corrected chi connectivity index (χ0v) is 12.9. The molecule has 0 unspecified atom stereocenters. The van der Waals surface area contributed by atoms with Crippen molar-refractivity contribution in [1.82, 2.24) is 5.43 Å². The van der Waals surface area contributed by atoms with E-state index in [1.165, 1.54) is 13.2 Å². The fourth-order valence-corrected chi connectivity index (χ4v) is 2.02. The summed E-state index contributed by atoms with van der Waals surface area (Å²) in [6.07, 6.45) is 0. The highest BCUT2D eigenvalue weighted by atomic mass is 35.5. The molecule has 0 heterocycles. The van der Waals surface area contributed by atoms with Gasteiger partial charge in [-0.15, -0.1) is 0 Å². The van der Waals surface area contributed by atoms with Crippen molar-refractivity contribution in [3.8, 4) is 11.5 Å². The predicted molar refractivity (Wildman–Crippen MR) is 85.8 cm³/mol. The van der Waals surface area contributed by atoms with Gasteiger partial charge in [0.15, 0.2) is 0 Å². The maximum absolute atomic E-state index is 12.0. The van der Waals surface area contributed by atoms with Crippen LogP contribution in [-0.2, 0) is 0 Å². The molecule has 0 fully saturated rings. The number of rotatable bonds is 4. The molecule has 2 aromatic rings. The van der Waals surface area contributed by atoms with Gasteiger partial charge in [0, 0.05) is 22.2 Å². The van der Waals surface area contributed by atoms with E-state index >= 15 is 0 Å². The zero-order valence-electron chi connectivity index (χ0n) is 12.1. The Labute approximate surface area is 133 Å². The molecule has 0 atom stereocenters. The number of hydrogen-bond donors (Lipinski definition) is 2. The fraction of sp³-hybridized carbons (Fsp3) is 0.125. The largest absolute Gasteiger partial charge is 0.507 e. The molecule has 0 radical (unpaired) electrons. The number of halogens is 1. The van der Waals surface area contributed by atoms with Crippen molar-refractivity contribution < 1.29 is 14.6 Å². The van der Waals surface area contributed by atoms with Crippen LogP contribution in [0.25, 0.3) is 0 Å². The number of phenolic OH excluding ortho intramolecular Hbond substituents is 1. The molecule has 2 rings (SSSR count). The number of hydrogen-bond acceptors (Lipinski definition) is 4. The van der Waals surface area contributed by atoms with E-state index in [2.05, 4.69) is 10.5 Å². The van der Waals surface area contributed by atoms with Gasteiger partial charge in [-0.3, -0.25) is 4.79 Å². The van der Waals surface area contributed by atoms with E-state index in [4.69, 9.17) is 16.3 Å². The molecule has 2 N–H and O–H groups in total. The van der Waals surface area contributed by atoms with E-state index in [0.717, 1.165) is 0 Å². The van der Waals surface area contributed by atoms with E-state index in [9.17, 15) is 9.90 Å². The second-order valence-electron chi connectivity index (χ2n) is 4.53. The summed E-state index contributed by atoms with van der Waals surface area (Å²) in [7, 11) is 1.51. The van der Waals surface area contributed by atoms with Crippen molar-refractivity contribution in [3.63, 3.8) is 0 Å². The third-order valence-corrected chi connectivity index (χ3v) is 3.24. The Morgan fingerprint density at radius 2 is 2.05 bits per heavy atom. The predicted octanol–water partition coefficient (Wildman–Crippen LogP) is 3.21. The Morgan fingerprint density at radius 1 is 1.27 bits per heavy atom. The molecule has 22 heavy (non-hydrogen) atoms. The summed E-state index contributed by atoms with van der Waals surface area (Å²) >= 11 is 5.84. The van der Waals surface area contributed by atoms with Crippen molar-refractivity contribution in [2.24, 2.45) is 5.10 Å². The van der Waals surface area contributed by atoms with Crippen LogP contribution in [0.2, 0.25) is 5.02 Å². The van der Waals surface area contributed by atoms with Crippen molar-refractivity contribution in [2.75, 3.05) is 7.11 Å². The third kappa shape index (κ3) is 3.77. The van der Waals surface area contributed by atoms with Crippen LogP contribution in [0.1, 0.15) is 22.8 Å². The van der Waals surface area contributed by atoms with Crippen molar-refractivity contribution >= 4 is 23.2 Å². The average molecular weight is 319 g/mol. The van der Waals surface area contributed by atoms with E-state index in [1.54, 1.807) is 43.3 Å². The van der Waals surface area contributed by atoms with Gasteiger partial charge in [0.25, 0.3) is 5.91 Å². The van der Waals surface area contributed by atoms with Crippen LogP contribution in [-0.4, -0.2) is 23.8 Å². The molecule has 5 nitrogen and oxygen atoms in total. The van der Waals surface area contributed by atoms with E-state index in [-0.39, 0.29) is 11.7 Å². The van der Waals surface area contributed by atoms with Gasteiger partial charge in [-0.1, -0.05) is 17.7 Å². The Morgan fingerprint density at radius 3 is 2.68 bits per heavy atom. The molecule has 6 heteroatoms. The normalized spacial score (nSPS) is 11.1. The minimum absolute atomic E-state index is 0.0256. The summed E-state index contributed by atoms with van der Waals surface area (Å²) in [5.41, 5.74) is 3.81. The van der Waals surface area contributed by atoms with Crippen molar-refractivity contribution in [3.05, 3.63) is 58.6 Å². The lowest BCUT2D eigenvalue weighted by atomic mass is 10.1. The van der Waals surface area contributed by atoms with Crippen LogP contribution >= 0.6 is 11.6 Å². The Kier molecular flexibility index (Phi) is 5.01. The standard InChI is InChI=1S/C16H15ClN2O3/c1-10(14-7-6-13(22-2)9-15(14)20)18-19-16(21)11-4-3-5-12(17)8-11/h3-9,20H,1-2H3,(H,19,21)/b18-10+. The first-order valence-corrected chi connectivity index (χ1v) is 6.86. The minimum Gasteiger partial charge on any atom is -0.507 e. The number of amides is 1. The van der Waals surface area contributed by atoms with Gasteiger partial charge >= 0.3 is 0 Å². The van der Waals surface area contributed by atoms with E-state index < -0.39 is 0 Å². The highest BCUT2D eigenvalue weighted by molar-refractivity contribution is 6.30. The van der Waals surface area contributed by atoms with Crippen LogP contribution in [0.3, 0.4) is 0 Å². The summed E-state index contributed by atoms with van der Waals surface area (Å²) in [5.74, 6) is 0.185. The second-order valence-corrected chi connectivity index (χ2v) is 4.97. The summed E-state index contributed by atoms with van der Waals surface area (Å²) < 4.78 is 5.01. The monoisotopic (exact) mass is 318 g/mol. The first-order chi connectivity index (χ1) is 10.5. The maximum Gasteiger partial charge on any atom is 0.271 e. The summed E-state index contributed by atoms with van der Waals surface area (Å²) in [5, 5.41) is 14.4.